The Balaban J connectivity index is 0.000000162. The van der Waals surface area contributed by atoms with Gasteiger partial charge in [0.05, 0.1) is 0 Å². The molecule has 0 aromatic carbocycles. The van der Waals surface area contributed by atoms with E-state index in [0.29, 0.717) is 0 Å². The number of hydrogen-bond donors (Lipinski definition) is 0. The average molecular weight is 137 g/mol. The van der Waals surface area contributed by atoms with E-state index in [4.69, 9.17) is 3.83 Å². The smallest absolute Gasteiger partial charge is 0.0860 e. The van der Waals surface area contributed by atoms with Gasteiger partial charge in [-0.3, -0.25) is 0 Å². The summed E-state index contributed by atoms with van der Waals surface area (Å²) in [4.78, 5) is 3.72. The molecule has 0 spiro atoms. The normalized spacial score (nSPS) is 6.29. The topological polar surface area (TPSA) is 31.2 Å². The first-order chi connectivity index (χ1) is 3.50. The first kappa shape index (κ1) is 6.60. The van der Waals surface area contributed by atoms with Crippen LogP contribution in [-0.2, 0) is 19.8 Å². The van der Waals surface area contributed by atoms with Crippen molar-refractivity contribution in [3.05, 3.63) is 24.5 Å². The number of rotatable bonds is 0. The summed E-state index contributed by atoms with van der Waals surface area (Å²) in [5.74, 6) is 0. The average Bonchev–Trinajstić information content (AvgIpc) is 2.23. The Morgan fingerprint density at radius 2 is 1.57 bits per heavy atom. The van der Waals surface area contributed by atoms with Crippen molar-refractivity contribution in [2.75, 3.05) is 0 Å². The van der Waals surface area contributed by atoms with E-state index in [-0.39, 0.29) is 0 Å². The second kappa shape index (κ2) is 5.60. The van der Waals surface area contributed by atoms with Gasteiger partial charge in [0.25, 0.3) is 0 Å². The van der Waals surface area contributed by atoms with Crippen molar-refractivity contribution in [2.24, 2.45) is 0 Å². The molecule has 0 bridgehead atoms. The first-order valence-electron chi connectivity index (χ1n) is 1.67. The zero-order valence-corrected chi connectivity index (χ0v) is 4.72. The fourth-order valence-electron chi connectivity index (χ4n) is 0.248. The number of nitrogens with zero attached hydrogens (tertiary/aromatic N) is 1. The Labute approximate surface area is 50.0 Å². The van der Waals surface area contributed by atoms with E-state index >= 15 is 0 Å². The van der Waals surface area contributed by atoms with Crippen LogP contribution >= 0.6 is 0 Å². The van der Waals surface area contributed by atoms with Crippen LogP contribution in [0, 0.1) is 0 Å². The van der Waals surface area contributed by atoms with Gasteiger partial charge in [0, 0.05) is 0 Å². The molecule has 0 saturated carbocycles. The van der Waals surface area contributed by atoms with E-state index < -0.39 is 0 Å². The quantitative estimate of drug-likeness (QED) is 0.488. The maximum atomic E-state index is 8.06. The third kappa shape index (κ3) is 3.43. The molecule has 0 fully saturated rings. The summed E-state index contributed by atoms with van der Waals surface area (Å²) >= 11 is 1.69. The molecule has 1 aromatic heterocycles. The summed E-state index contributed by atoms with van der Waals surface area (Å²) in [6.45, 7) is 0. The molecule has 0 saturated heterocycles. The van der Waals surface area contributed by atoms with E-state index in [1.54, 1.807) is 28.3 Å². The summed E-state index contributed by atoms with van der Waals surface area (Å²) in [7, 11) is 0. The summed E-state index contributed by atoms with van der Waals surface area (Å²) in [6, 6.07) is 3.78. The van der Waals surface area contributed by atoms with E-state index in [1.165, 1.54) is 0 Å². The molecule has 0 aliphatic carbocycles. The van der Waals surface area contributed by atoms with Gasteiger partial charge in [0.1, 0.15) is 0 Å². The van der Waals surface area contributed by atoms with Gasteiger partial charge < -0.3 is 4.98 Å². The maximum Gasteiger partial charge on any atom is -0.0860 e. The van der Waals surface area contributed by atoms with Crippen LogP contribution in [0.4, 0.5) is 0 Å². The Bertz CT molecular complexity index is 78.6. The van der Waals surface area contributed by atoms with Crippen LogP contribution in [0.5, 0.6) is 0 Å². The van der Waals surface area contributed by atoms with Gasteiger partial charge in [-0.2, -0.15) is 12.4 Å². The molecule has 2 nitrogen and oxygen atoms in total. The molecule has 1 aromatic rings. The second-order valence-electron chi connectivity index (χ2n) is 0.832. The van der Waals surface area contributed by atoms with Crippen molar-refractivity contribution in [3.8, 4) is 0 Å². The van der Waals surface area contributed by atoms with E-state index in [0.717, 1.165) is 0 Å². The van der Waals surface area contributed by atoms with Crippen molar-refractivity contribution in [2.45, 2.75) is 0 Å². The Morgan fingerprint density at radius 1 is 1.14 bits per heavy atom. The van der Waals surface area contributed by atoms with Gasteiger partial charge in [-0.25, -0.2) is 0 Å². The summed E-state index contributed by atoms with van der Waals surface area (Å²) < 4.78 is 8.06. The summed E-state index contributed by atoms with van der Waals surface area (Å²) in [5.41, 5.74) is 0. The minimum absolute atomic E-state index is 1.69. The van der Waals surface area contributed by atoms with E-state index in [1.807, 2.05) is 12.1 Å². The van der Waals surface area contributed by atoms with Crippen LogP contribution in [0.2, 0.25) is 0 Å². The molecule has 0 atom stereocenters. The minimum Gasteiger partial charge on any atom is -0.670 e. The van der Waals surface area contributed by atoms with Crippen molar-refractivity contribution in [1.29, 1.82) is 0 Å². The molecule has 0 unspecified atom stereocenters. The molecule has 0 radical (unpaired) electrons. The molecule has 7 heavy (non-hydrogen) atoms. The van der Waals surface area contributed by atoms with Gasteiger partial charge >= 0.3 is 19.8 Å². The largest absolute Gasteiger partial charge is 0.670 e. The molecule has 0 amide bonds. The standard InChI is InChI=1S/C4H4N.Mn.O/c1-2-4-5-3-1;;/h1-4H;;/q-1;;. The van der Waals surface area contributed by atoms with Gasteiger partial charge in [-0.05, 0) is 0 Å². The molecular weight excluding hydrogens is 133 g/mol. The van der Waals surface area contributed by atoms with Gasteiger partial charge in [-0.1, -0.05) is 12.1 Å². The molecule has 3 heteroatoms. The third-order valence-electron chi connectivity index (χ3n) is 0.455. The fraction of sp³-hybridized carbons (Fsp3) is 0. The predicted octanol–water partition coefficient (Wildman–Crippen LogP) is 0.522. The Kier molecular flexibility index (Phi) is 5.28. The van der Waals surface area contributed by atoms with Crippen LogP contribution in [0.3, 0.4) is 0 Å². The number of hydrogen-bond acceptors (Lipinski definition) is 1. The molecule has 0 aliphatic rings. The van der Waals surface area contributed by atoms with Crippen LogP contribution in [0.1, 0.15) is 0 Å². The second-order valence-corrected chi connectivity index (χ2v) is 0.832. The zero-order chi connectivity index (χ0) is 5.54. The minimum atomic E-state index is 1.69. The first-order valence-corrected chi connectivity index (χ1v) is 2.15. The zero-order valence-electron chi connectivity index (χ0n) is 3.54. The van der Waals surface area contributed by atoms with Crippen LogP contribution in [0.25, 0.3) is 0 Å². The van der Waals surface area contributed by atoms with Crippen LogP contribution < -0.4 is 4.98 Å². The monoisotopic (exact) mass is 137 g/mol. The fourth-order valence-corrected chi connectivity index (χ4v) is 0.248. The molecule has 0 aliphatic heterocycles. The molecular formula is C4H4MnNO-. The van der Waals surface area contributed by atoms with Gasteiger partial charge in [-0.15, -0.1) is 0 Å². The molecule has 1 heterocycles. The predicted molar refractivity (Wildman–Crippen MR) is 20.4 cm³/mol. The summed E-state index contributed by atoms with van der Waals surface area (Å²) in [6.07, 6.45) is 3.50. The third-order valence-corrected chi connectivity index (χ3v) is 0.455. The van der Waals surface area contributed by atoms with E-state index in [9.17, 15) is 0 Å². The molecule has 1 rings (SSSR count). The maximum absolute atomic E-state index is 8.06. The van der Waals surface area contributed by atoms with E-state index in [2.05, 4.69) is 4.98 Å². The van der Waals surface area contributed by atoms with Gasteiger partial charge in [0.15, 0.2) is 0 Å². The van der Waals surface area contributed by atoms with Crippen molar-refractivity contribution < 1.29 is 19.8 Å². The van der Waals surface area contributed by atoms with Crippen molar-refractivity contribution >= 4 is 0 Å². The van der Waals surface area contributed by atoms with Crippen LogP contribution in [-0.4, -0.2) is 0 Å². The van der Waals surface area contributed by atoms with Gasteiger partial charge in [0.2, 0.25) is 0 Å². The van der Waals surface area contributed by atoms with Crippen molar-refractivity contribution in [1.82, 2.24) is 4.98 Å². The molecule has 39 valence electrons. The SMILES string of the molecule is [O]=[Mn].c1cc[n-]c1. The number of aromatic nitrogens is 1. The Morgan fingerprint density at radius 3 is 1.71 bits per heavy atom. The van der Waals surface area contributed by atoms with Crippen molar-refractivity contribution in [3.63, 3.8) is 0 Å². The molecule has 0 N–H and O–H groups in total. The summed E-state index contributed by atoms with van der Waals surface area (Å²) in [5, 5.41) is 0. The van der Waals surface area contributed by atoms with Crippen LogP contribution in [0.15, 0.2) is 24.5 Å². The Hall–Kier alpha value is -0.401.